The minimum atomic E-state index is -4.98. The molecule has 0 nitrogen and oxygen atoms in total. The minimum absolute atomic E-state index is 0.137. The Morgan fingerprint density at radius 2 is 0.935 bits per heavy atom. The van der Waals surface area contributed by atoms with Gasteiger partial charge >= 0.3 is 289 Å². The fraction of sp³-hybridized carbons (Fsp3) is 0.333. The molecule has 4 heteroatoms. The predicted octanol–water partition coefficient (Wildman–Crippen LogP) is 13.3. The first-order valence-electron chi connectivity index (χ1n) is 17.6. The van der Waals surface area contributed by atoms with Crippen molar-refractivity contribution in [3.63, 3.8) is 0 Å². The van der Waals surface area contributed by atoms with E-state index in [1.165, 1.54) is 66.8 Å². The SMILES string of the molecule is CCCC1=Cc2c(-c3ccccc3CC)cccc2[CH]1[Hf]([Cl])([Cl])([CH]1C(CCC)=Cc2c(-c3ccccc3CC)cccc21)[SiH](C)C. The quantitative estimate of drug-likeness (QED) is 0.132. The van der Waals surface area contributed by atoms with Crippen molar-refractivity contribution in [1.82, 2.24) is 0 Å². The Labute approximate surface area is 286 Å². The van der Waals surface area contributed by atoms with Crippen LogP contribution in [0.1, 0.15) is 94.1 Å². The second kappa shape index (κ2) is 13.5. The summed E-state index contributed by atoms with van der Waals surface area (Å²) in [5.41, 5.74) is 16.6. The molecule has 0 aliphatic heterocycles. The van der Waals surface area contributed by atoms with Crippen LogP contribution in [0.4, 0.5) is 0 Å². The molecule has 0 bridgehead atoms. The first-order chi connectivity index (χ1) is 22.2. The molecule has 239 valence electrons. The van der Waals surface area contributed by atoms with Crippen LogP contribution in [0, 0.1) is 0 Å². The Morgan fingerprint density at radius 1 is 0.543 bits per heavy atom. The van der Waals surface area contributed by atoms with E-state index in [1.54, 1.807) is 0 Å². The molecule has 4 aromatic rings. The molecule has 0 N–H and O–H groups in total. The van der Waals surface area contributed by atoms with Crippen molar-refractivity contribution >= 4 is 35.3 Å². The van der Waals surface area contributed by atoms with E-state index in [1.807, 2.05) is 0 Å². The molecule has 2 aliphatic rings. The van der Waals surface area contributed by atoms with Crippen LogP contribution in [-0.4, -0.2) is 5.98 Å². The number of benzene rings is 4. The van der Waals surface area contributed by atoms with E-state index in [0.717, 1.165) is 38.5 Å². The van der Waals surface area contributed by atoms with Crippen LogP contribution in [0.15, 0.2) is 96.1 Å². The van der Waals surface area contributed by atoms with Crippen LogP contribution in [0.5, 0.6) is 0 Å². The van der Waals surface area contributed by atoms with Gasteiger partial charge in [-0.3, -0.25) is 0 Å². The van der Waals surface area contributed by atoms with E-state index in [-0.39, 0.29) is 7.35 Å². The second-order valence-corrected chi connectivity index (χ2v) is 73.1. The molecular formula is C42H49Cl2HfSi. The maximum atomic E-state index is 8.74. The van der Waals surface area contributed by atoms with Gasteiger partial charge in [-0.2, -0.15) is 0 Å². The summed E-state index contributed by atoms with van der Waals surface area (Å²) in [5.74, 6) is -1.61. The van der Waals surface area contributed by atoms with Crippen molar-refractivity contribution in [3.8, 4) is 22.3 Å². The van der Waals surface area contributed by atoms with Crippen molar-refractivity contribution < 1.29 is 15.3 Å². The maximum absolute atomic E-state index is 8.74. The number of rotatable bonds is 11. The molecule has 0 fully saturated rings. The summed E-state index contributed by atoms with van der Waals surface area (Å²) in [6, 6.07) is 31.8. The van der Waals surface area contributed by atoms with E-state index in [9.17, 15) is 0 Å². The van der Waals surface area contributed by atoms with Gasteiger partial charge in [0.15, 0.2) is 0 Å². The molecule has 0 heterocycles. The van der Waals surface area contributed by atoms with Gasteiger partial charge in [0.1, 0.15) is 0 Å². The van der Waals surface area contributed by atoms with Crippen molar-refractivity contribution in [3.05, 3.63) is 129 Å². The van der Waals surface area contributed by atoms with Gasteiger partial charge in [0.25, 0.3) is 0 Å². The molecule has 0 saturated heterocycles. The monoisotopic (exact) mass is 831 g/mol. The Balaban J connectivity index is 1.61. The molecule has 0 saturated carbocycles. The normalized spacial score (nSPS) is 18.2. The van der Waals surface area contributed by atoms with E-state index in [2.05, 4.69) is 138 Å². The van der Waals surface area contributed by atoms with Crippen LogP contribution in [0.25, 0.3) is 34.4 Å². The van der Waals surface area contributed by atoms with Gasteiger partial charge < -0.3 is 0 Å². The molecule has 6 rings (SSSR count). The van der Waals surface area contributed by atoms with Gasteiger partial charge in [-0.1, -0.05) is 0 Å². The molecule has 46 heavy (non-hydrogen) atoms. The third-order valence-corrected chi connectivity index (χ3v) is 83.8. The topological polar surface area (TPSA) is 0 Å². The molecule has 2 atom stereocenters. The Bertz CT molecular complexity index is 1700. The average molecular weight is 831 g/mol. The Hall–Kier alpha value is -1.97. The van der Waals surface area contributed by atoms with Crippen molar-refractivity contribution in [2.75, 3.05) is 0 Å². The summed E-state index contributed by atoms with van der Waals surface area (Å²) in [4.78, 5) is 0. The van der Waals surface area contributed by atoms with Crippen LogP contribution < -0.4 is 0 Å². The number of hydrogen-bond acceptors (Lipinski definition) is 0. The summed E-state index contributed by atoms with van der Waals surface area (Å²) in [6.45, 7) is 14.1. The Kier molecular flexibility index (Phi) is 9.95. The Morgan fingerprint density at radius 3 is 1.30 bits per heavy atom. The number of allylic oxidation sites excluding steroid dienone is 2. The van der Waals surface area contributed by atoms with Crippen molar-refractivity contribution in [2.45, 2.75) is 86.7 Å². The first-order valence-corrected chi connectivity index (χ1v) is 39.8. The molecule has 0 amide bonds. The summed E-state index contributed by atoms with van der Waals surface area (Å²) in [5, 5.41) is 0. The molecule has 4 aromatic carbocycles. The summed E-state index contributed by atoms with van der Waals surface area (Å²) in [6.07, 6.45) is 11.3. The average Bonchev–Trinajstić information content (AvgIpc) is 3.64. The summed E-state index contributed by atoms with van der Waals surface area (Å²) >= 11 is -4.98. The zero-order valence-corrected chi connectivity index (χ0v) is 34.7. The zero-order valence-electron chi connectivity index (χ0n) is 28.5. The molecule has 0 radical (unpaired) electrons. The number of halogens is 2. The van der Waals surface area contributed by atoms with E-state index in [0.29, 0.717) is 0 Å². The third-order valence-electron chi connectivity index (χ3n) is 11.0. The van der Waals surface area contributed by atoms with E-state index < -0.39 is 21.3 Å². The van der Waals surface area contributed by atoms with E-state index >= 15 is 0 Å². The van der Waals surface area contributed by atoms with Crippen LogP contribution in [0.3, 0.4) is 0 Å². The third kappa shape index (κ3) is 5.44. The van der Waals surface area contributed by atoms with Crippen molar-refractivity contribution in [2.24, 2.45) is 0 Å². The van der Waals surface area contributed by atoms with E-state index in [4.69, 9.17) is 17.2 Å². The molecular weight excluding hydrogens is 782 g/mol. The number of hydrogen-bond donors (Lipinski definition) is 0. The summed E-state index contributed by atoms with van der Waals surface area (Å²) < 4.78 is 0.275. The summed E-state index contributed by atoms with van der Waals surface area (Å²) in [7, 11) is 17.5. The van der Waals surface area contributed by atoms with Crippen molar-refractivity contribution in [1.29, 1.82) is 0 Å². The zero-order chi connectivity index (χ0) is 32.7. The second-order valence-electron chi connectivity index (χ2n) is 13.8. The van der Waals surface area contributed by atoms with Crippen LogP contribution >= 0.6 is 17.2 Å². The van der Waals surface area contributed by atoms with Gasteiger partial charge in [0, 0.05) is 0 Å². The van der Waals surface area contributed by atoms with Gasteiger partial charge in [-0.15, -0.1) is 0 Å². The van der Waals surface area contributed by atoms with Crippen LogP contribution in [0.2, 0.25) is 13.1 Å². The first kappa shape index (κ1) is 33.9. The van der Waals surface area contributed by atoms with Gasteiger partial charge in [0.2, 0.25) is 0 Å². The standard InChI is InChI=1S/2C20H21.C2H7Si.2ClH.Hf/c2*1-3-8-15-13-17-10-7-12-19(20(17)14-15)18-11-6-5-9-16(18)4-2;1-3-2;;;/h2*5-7,9-14H,3-4,8H2,1-2H3;3H,1-2H3;2*1H;/q;;;;;+2/p-2. The fourth-order valence-electron chi connectivity index (χ4n) is 8.73. The molecule has 2 unspecified atom stereocenters. The number of aryl methyl sites for hydroxylation is 2. The van der Waals surface area contributed by atoms with Crippen LogP contribution in [-0.2, 0) is 28.1 Å². The molecule has 2 aliphatic carbocycles. The van der Waals surface area contributed by atoms with Gasteiger partial charge in [0.05, 0.1) is 0 Å². The van der Waals surface area contributed by atoms with Gasteiger partial charge in [-0.05, 0) is 0 Å². The molecule has 0 aromatic heterocycles. The molecule has 0 spiro atoms. The fourth-order valence-corrected chi connectivity index (χ4v) is 53.3. The predicted molar refractivity (Wildman–Crippen MR) is 204 cm³/mol. The number of fused-ring (bicyclic) bond motifs is 2. The van der Waals surface area contributed by atoms with Gasteiger partial charge in [-0.25, -0.2) is 0 Å².